The van der Waals surface area contributed by atoms with Gasteiger partial charge in [0.1, 0.15) is 0 Å². The first-order valence-electron chi connectivity index (χ1n) is 21.6. The van der Waals surface area contributed by atoms with Gasteiger partial charge in [-0.2, -0.15) is 0 Å². The van der Waals surface area contributed by atoms with Crippen molar-refractivity contribution in [2.45, 2.75) is 221 Å². The monoisotopic (exact) mass is 865 g/mol. The highest BCUT2D eigenvalue weighted by atomic mass is 16.6. The zero-order valence-electron chi connectivity index (χ0n) is 35.1. The Kier molecular flexibility index (Phi) is 40.7. The maximum Gasteiger partial charge on any atom is 0.317 e. The fourth-order valence-corrected chi connectivity index (χ4v) is 7.73. The van der Waals surface area contributed by atoms with Gasteiger partial charge in [-0.15, -0.1) is 0 Å². The van der Waals surface area contributed by atoms with Gasteiger partial charge in [0.05, 0.1) is 35.5 Å². The van der Waals surface area contributed by atoms with Crippen LogP contribution in [0, 0.1) is 41.4 Å². The molecular formula is C52H96O9. The zero-order chi connectivity index (χ0) is 40.8. The van der Waals surface area contributed by atoms with Gasteiger partial charge < -0.3 is 14.2 Å². The zero-order valence-corrected chi connectivity index (χ0v) is 35.1. The maximum atomic E-state index is 11.7. The van der Waals surface area contributed by atoms with E-state index in [1.807, 2.05) is 44.2 Å². The van der Waals surface area contributed by atoms with Gasteiger partial charge in [-0.3, -0.25) is 28.8 Å². The third kappa shape index (κ3) is 24.2. The minimum absolute atomic E-state index is 0. The van der Waals surface area contributed by atoms with Crippen LogP contribution in [0.2, 0.25) is 0 Å². The number of cyclic esters (lactones) is 6. The van der Waals surface area contributed by atoms with E-state index in [9.17, 15) is 28.8 Å². The molecule has 7 unspecified atom stereocenters. The molecule has 3 aliphatic rings. The average molecular weight is 865 g/mol. The molecule has 0 radical (unpaired) electrons. The molecule has 8 atom stereocenters. The molecule has 0 bridgehead atoms. The largest absolute Gasteiger partial charge is 0.393 e. The fourth-order valence-electron chi connectivity index (χ4n) is 7.73. The number of carbonyl (C=O) groups is 6. The molecule has 3 fully saturated rings. The van der Waals surface area contributed by atoms with E-state index in [4.69, 9.17) is 4.74 Å². The Morgan fingerprint density at radius 3 is 1.13 bits per heavy atom. The van der Waals surface area contributed by atoms with Crippen LogP contribution in [0.3, 0.4) is 0 Å². The van der Waals surface area contributed by atoms with E-state index in [2.05, 4.69) is 30.2 Å². The second-order valence-corrected chi connectivity index (χ2v) is 16.5. The van der Waals surface area contributed by atoms with E-state index in [1.165, 1.54) is 95.5 Å². The van der Waals surface area contributed by atoms with Crippen molar-refractivity contribution in [3.8, 4) is 0 Å². The average Bonchev–Trinajstić information content (AvgIpc) is 3.66. The Labute approximate surface area is 376 Å². The molecule has 0 aliphatic carbocycles. The third-order valence-corrected chi connectivity index (χ3v) is 11.7. The van der Waals surface area contributed by atoms with E-state index in [1.54, 1.807) is 13.8 Å². The van der Waals surface area contributed by atoms with Crippen molar-refractivity contribution in [1.29, 1.82) is 0 Å². The molecule has 3 aliphatic heterocycles. The number of hydrogen-bond donors (Lipinski definition) is 0. The Balaban J connectivity index is -0.000000266. The third-order valence-electron chi connectivity index (χ3n) is 11.7. The summed E-state index contributed by atoms with van der Waals surface area (Å²) in [6.45, 7) is 13.9. The lowest BCUT2D eigenvalue weighted by Gasteiger charge is -2.16. The second-order valence-electron chi connectivity index (χ2n) is 16.5. The lowest BCUT2D eigenvalue weighted by Crippen LogP contribution is -2.17. The summed E-state index contributed by atoms with van der Waals surface area (Å²) in [7, 11) is 0. The van der Waals surface area contributed by atoms with Gasteiger partial charge in [-0.1, -0.05) is 226 Å². The molecule has 358 valence electrons. The minimum Gasteiger partial charge on any atom is -0.393 e. The van der Waals surface area contributed by atoms with Crippen LogP contribution in [0.25, 0.3) is 0 Å². The molecule has 9 nitrogen and oxygen atoms in total. The van der Waals surface area contributed by atoms with Gasteiger partial charge in [-0.25, -0.2) is 0 Å². The summed E-state index contributed by atoms with van der Waals surface area (Å²) in [6, 6.07) is 10.0. The highest BCUT2D eigenvalue weighted by Crippen LogP contribution is 2.33. The molecule has 0 N–H and O–H groups in total. The van der Waals surface area contributed by atoms with Gasteiger partial charge in [0.2, 0.25) is 0 Å². The van der Waals surface area contributed by atoms with Crippen LogP contribution < -0.4 is 0 Å². The van der Waals surface area contributed by atoms with Crippen LogP contribution in [0.5, 0.6) is 0 Å². The van der Waals surface area contributed by atoms with Gasteiger partial charge in [0.25, 0.3) is 0 Å². The van der Waals surface area contributed by atoms with Crippen LogP contribution >= 0.6 is 0 Å². The van der Waals surface area contributed by atoms with Gasteiger partial charge in [-0.05, 0) is 36.7 Å². The number of rotatable bonds is 22. The normalized spacial score (nSPS) is 22.0. The molecule has 0 saturated carbocycles. The molecule has 61 heavy (non-hydrogen) atoms. The van der Waals surface area contributed by atoms with Gasteiger partial charge in [0, 0.05) is 0 Å². The van der Waals surface area contributed by atoms with E-state index >= 15 is 0 Å². The van der Waals surface area contributed by atoms with E-state index < -0.39 is 0 Å². The van der Waals surface area contributed by atoms with Crippen LogP contribution in [0.4, 0.5) is 0 Å². The first-order chi connectivity index (χ1) is 26.3. The SMILES string of the molecule is C.C.C.C.C.C.CC(CC1C(=O)OC(=O)[C@H]1C)c1ccccc1.CCCC1C(=O)OC(=O)C1C.CCCCCCCCCCCCCCCCC(C)CC1C(=O)OC(=O)C1C. The lowest BCUT2D eigenvalue weighted by atomic mass is 9.85. The Morgan fingerprint density at radius 1 is 0.443 bits per heavy atom. The molecule has 1 aromatic rings. The van der Waals surface area contributed by atoms with Crippen molar-refractivity contribution in [2.24, 2.45) is 41.4 Å². The molecular weight excluding hydrogens is 769 g/mol. The van der Waals surface area contributed by atoms with E-state index in [0.29, 0.717) is 12.3 Å². The smallest absolute Gasteiger partial charge is 0.317 e. The first kappa shape index (κ1) is 66.7. The van der Waals surface area contributed by atoms with Gasteiger partial charge in [0.15, 0.2) is 0 Å². The van der Waals surface area contributed by atoms with Crippen LogP contribution in [-0.4, -0.2) is 35.8 Å². The van der Waals surface area contributed by atoms with Crippen LogP contribution in [0.15, 0.2) is 30.3 Å². The number of unbranched alkanes of at least 4 members (excludes halogenated alkanes) is 13. The molecule has 1 aromatic carbocycles. The molecule has 3 saturated heterocycles. The standard InChI is InChI=1S/C24H44O3.C14H16O3.C8H12O3.6CH4/c1-4-5-6-7-8-9-10-11-12-13-14-15-16-17-18-20(2)19-22-21(3)23(25)27-24(22)26;1-9(11-6-4-3-5-7-11)8-12-10(2)13(15)17-14(12)16;1-3-4-6-5(2)7(9)11-8(6)10;;;;;;/h20-22H,4-19H2,1-3H3;3-7,9-10,12H,8H2,1-2H3;5-6H,3-4H2,1-2H3;6*1H4/t;9?,10-,12?;;;;;;;/m.0......./s1. The number of ether oxygens (including phenoxy) is 3. The summed E-state index contributed by atoms with van der Waals surface area (Å²) in [5.74, 6) is -2.86. The van der Waals surface area contributed by atoms with Crippen molar-refractivity contribution in [1.82, 2.24) is 0 Å². The van der Waals surface area contributed by atoms with Crippen LogP contribution in [0.1, 0.15) is 227 Å². The number of esters is 6. The maximum absolute atomic E-state index is 11.7. The van der Waals surface area contributed by atoms with Crippen molar-refractivity contribution in [3.63, 3.8) is 0 Å². The molecule has 3 heterocycles. The highest BCUT2D eigenvalue weighted by Gasteiger charge is 2.43. The fraction of sp³-hybridized carbons (Fsp3) is 0.769. The van der Waals surface area contributed by atoms with Crippen molar-refractivity contribution >= 4 is 35.8 Å². The van der Waals surface area contributed by atoms with Crippen molar-refractivity contribution in [2.75, 3.05) is 0 Å². The molecule has 0 aromatic heterocycles. The summed E-state index contributed by atoms with van der Waals surface area (Å²) >= 11 is 0. The second kappa shape index (κ2) is 37.2. The summed E-state index contributed by atoms with van der Waals surface area (Å²) in [4.78, 5) is 67.7. The topological polar surface area (TPSA) is 130 Å². The van der Waals surface area contributed by atoms with E-state index in [-0.39, 0.29) is 122 Å². The van der Waals surface area contributed by atoms with Crippen LogP contribution in [-0.2, 0) is 43.0 Å². The first-order valence-corrected chi connectivity index (χ1v) is 21.6. The quantitative estimate of drug-likeness (QED) is 0.0484. The molecule has 9 heteroatoms. The number of carbonyl (C=O) groups excluding carboxylic acids is 6. The summed E-state index contributed by atoms with van der Waals surface area (Å²) in [5.41, 5.74) is 1.19. The molecule has 4 rings (SSSR count). The number of benzene rings is 1. The number of hydrogen-bond acceptors (Lipinski definition) is 9. The Bertz CT molecular complexity index is 1330. The van der Waals surface area contributed by atoms with E-state index in [0.717, 1.165) is 25.7 Å². The van der Waals surface area contributed by atoms with Crippen molar-refractivity contribution in [3.05, 3.63) is 35.9 Å². The summed E-state index contributed by atoms with van der Waals surface area (Å²) in [5, 5.41) is 0. The minimum atomic E-state index is -0.389. The predicted octanol–water partition coefficient (Wildman–Crippen LogP) is 14.7. The Morgan fingerprint density at radius 2 is 0.787 bits per heavy atom. The lowest BCUT2D eigenvalue weighted by molar-refractivity contribution is -0.155. The Hall–Kier alpha value is -3.36. The summed E-state index contributed by atoms with van der Waals surface area (Å²) < 4.78 is 13.8. The van der Waals surface area contributed by atoms with Crippen molar-refractivity contribution < 1.29 is 43.0 Å². The highest BCUT2D eigenvalue weighted by molar-refractivity contribution is 5.97. The predicted molar refractivity (Wildman–Crippen MR) is 255 cm³/mol. The molecule has 0 spiro atoms. The summed E-state index contributed by atoms with van der Waals surface area (Å²) in [6.07, 6.45) is 23.6. The van der Waals surface area contributed by atoms with Gasteiger partial charge >= 0.3 is 35.8 Å². The molecule has 0 amide bonds.